The normalized spacial score (nSPS) is 10.2. The van der Waals surface area contributed by atoms with Gasteiger partial charge in [0, 0.05) is 6.54 Å². The zero-order chi connectivity index (χ0) is 7.66. The number of hydrogen-bond donors (Lipinski definition) is 1. The Bertz CT molecular complexity index is 44.7. The minimum atomic E-state index is 1.06. The van der Waals surface area contributed by atoms with Crippen LogP contribution in [0.15, 0.2) is 0 Å². The molecule has 0 saturated heterocycles. The Morgan fingerprint density at radius 1 is 1.10 bits per heavy atom. The molecule has 0 aromatic heterocycles. The SMILES string of the molecule is CCCCCC[CH]NCC. The van der Waals surface area contributed by atoms with Gasteiger partial charge in [0.05, 0.1) is 0 Å². The van der Waals surface area contributed by atoms with Crippen LogP contribution in [0, 0.1) is 6.54 Å². The molecule has 0 atom stereocenters. The van der Waals surface area contributed by atoms with Crippen molar-refractivity contribution < 1.29 is 0 Å². The number of nitrogens with one attached hydrogen (secondary N) is 1. The number of hydrogen-bond acceptors (Lipinski definition) is 1. The Labute approximate surface area is 65.2 Å². The molecule has 0 rings (SSSR count). The smallest absolute Gasteiger partial charge is 0.0221 e. The average Bonchev–Trinajstić information content (AvgIpc) is 1.97. The van der Waals surface area contributed by atoms with Crippen LogP contribution in [0.25, 0.3) is 0 Å². The van der Waals surface area contributed by atoms with Crippen LogP contribution in [0.2, 0.25) is 0 Å². The monoisotopic (exact) mass is 142 g/mol. The molecule has 0 fully saturated rings. The Balaban J connectivity index is 2.65. The molecule has 0 saturated carbocycles. The second-order valence-corrected chi connectivity index (χ2v) is 2.61. The second-order valence-electron chi connectivity index (χ2n) is 2.61. The standard InChI is InChI=1S/C9H20N/c1-3-5-6-7-8-9-10-4-2/h9-10H,3-8H2,1-2H3. The largest absolute Gasteiger partial charge is 0.313 e. The van der Waals surface area contributed by atoms with E-state index in [2.05, 4.69) is 25.7 Å². The van der Waals surface area contributed by atoms with Gasteiger partial charge in [-0.05, 0) is 13.0 Å². The molecule has 0 aliphatic rings. The van der Waals surface area contributed by atoms with Gasteiger partial charge in [0.1, 0.15) is 0 Å². The first-order valence-electron chi connectivity index (χ1n) is 4.46. The first-order valence-corrected chi connectivity index (χ1v) is 4.46. The lowest BCUT2D eigenvalue weighted by Crippen LogP contribution is -2.07. The van der Waals surface area contributed by atoms with Crippen LogP contribution in [-0.2, 0) is 0 Å². The fourth-order valence-corrected chi connectivity index (χ4v) is 0.920. The highest BCUT2D eigenvalue weighted by atomic mass is 14.8. The van der Waals surface area contributed by atoms with Crippen molar-refractivity contribution in [1.82, 2.24) is 5.32 Å². The summed E-state index contributed by atoms with van der Waals surface area (Å²) in [6.45, 7) is 7.61. The highest BCUT2D eigenvalue weighted by Crippen LogP contribution is 2.02. The van der Waals surface area contributed by atoms with Crippen LogP contribution < -0.4 is 5.32 Å². The van der Waals surface area contributed by atoms with Crippen molar-refractivity contribution >= 4 is 0 Å². The molecule has 0 aromatic carbocycles. The van der Waals surface area contributed by atoms with Crippen LogP contribution in [0.5, 0.6) is 0 Å². The third-order valence-electron chi connectivity index (χ3n) is 1.55. The van der Waals surface area contributed by atoms with Crippen molar-refractivity contribution in [3.8, 4) is 0 Å². The van der Waals surface area contributed by atoms with Gasteiger partial charge in [-0.25, -0.2) is 0 Å². The zero-order valence-corrected chi connectivity index (χ0v) is 7.32. The lowest BCUT2D eigenvalue weighted by Gasteiger charge is -1.99. The van der Waals surface area contributed by atoms with E-state index >= 15 is 0 Å². The van der Waals surface area contributed by atoms with E-state index in [1.165, 1.54) is 32.1 Å². The summed E-state index contributed by atoms with van der Waals surface area (Å²) in [5.74, 6) is 0. The van der Waals surface area contributed by atoms with Gasteiger partial charge in [-0.1, -0.05) is 39.5 Å². The first-order chi connectivity index (χ1) is 4.91. The van der Waals surface area contributed by atoms with E-state index in [0.717, 1.165) is 6.54 Å². The van der Waals surface area contributed by atoms with Crippen molar-refractivity contribution in [2.75, 3.05) is 6.54 Å². The van der Waals surface area contributed by atoms with Crippen molar-refractivity contribution in [1.29, 1.82) is 0 Å². The fraction of sp³-hybridized carbons (Fsp3) is 0.889. The Kier molecular flexibility index (Phi) is 8.92. The molecule has 61 valence electrons. The molecule has 0 aliphatic carbocycles. The van der Waals surface area contributed by atoms with Gasteiger partial charge in [0.25, 0.3) is 0 Å². The predicted octanol–water partition coefficient (Wildman–Crippen LogP) is 2.73. The second kappa shape index (κ2) is 8.96. The van der Waals surface area contributed by atoms with Crippen LogP contribution in [0.4, 0.5) is 0 Å². The lowest BCUT2D eigenvalue weighted by atomic mass is 10.1. The van der Waals surface area contributed by atoms with Gasteiger partial charge in [-0.2, -0.15) is 0 Å². The summed E-state index contributed by atoms with van der Waals surface area (Å²) in [7, 11) is 0. The quantitative estimate of drug-likeness (QED) is 0.539. The van der Waals surface area contributed by atoms with Crippen LogP contribution >= 0.6 is 0 Å². The molecule has 1 heteroatoms. The highest BCUT2D eigenvalue weighted by Gasteiger charge is 1.87. The summed E-state index contributed by atoms with van der Waals surface area (Å²) in [6, 6.07) is 0. The summed E-state index contributed by atoms with van der Waals surface area (Å²) < 4.78 is 0. The minimum Gasteiger partial charge on any atom is -0.313 e. The average molecular weight is 142 g/mol. The van der Waals surface area contributed by atoms with Crippen molar-refractivity contribution in [3.63, 3.8) is 0 Å². The van der Waals surface area contributed by atoms with Crippen LogP contribution in [-0.4, -0.2) is 6.54 Å². The van der Waals surface area contributed by atoms with Crippen LogP contribution in [0.1, 0.15) is 46.0 Å². The summed E-state index contributed by atoms with van der Waals surface area (Å²) in [5.41, 5.74) is 0. The van der Waals surface area contributed by atoms with Crippen molar-refractivity contribution in [3.05, 3.63) is 6.54 Å². The zero-order valence-electron chi connectivity index (χ0n) is 7.32. The molecule has 1 radical (unpaired) electrons. The van der Waals surface area contributed by atoms with Crippen molar-refractivity contribution in [2.24, 2.45) is 0 Å². The van der Waals surface area contributed by atoms with Gasteiger partial charge in [-0.3, -0.25) is 0 Å². The van der Waals surface area contributed by atoms with E-state index in [4.69, 9.17) is 0 Å². The van der Waals surface area contributed by atoms with Crippen molar-refractivity contribution in [2.45, 2.75) is 46.0 Å². The Morgan fingerprint density at radius 3 is 2.50 bits per heavy atom. The molecule has 0 bridgehead atoms. The highest BCUT2D eigenvalue weighted by molar-refractivity contribution is 4.59. The minimum absolute atomic E-state index is 1.06. The molecule has 0 amide bonds. The molecule has 0 unspecified atom stereocenters. The molecule has 0 aliphatic heterocycles. The topological polar surface area (TPSA) is 12.0 Å². The fourth-order valence-electron chi connectivity index (χ4n) is 0.920. The van der Waals surface area contributed by atoms with Gasteiger partial charge in [-0.15, -0.1) is 0 Å². The summed E-state index contributed by atoms with van der Waals surface area (Å²) in [5, 5.41) is 3.20. The Morgan fingerprint density at radius 2 is 1.90 bits per heavy atom. The van der Waals surface area contributed by atoms with Gasteiger partial charge in [0.2, 0.25) is 0 Å². The third-order valence-corrected chi connectivity index (χ3v) is 1.55. The number of unbranched alkanes of at least 4 members (excludes halogenated alkanes) is 4. The summed E-state index contributed by atoms with van der Waals surface area (Å²) in [4.78, 5) is 0. The van der Waals surface area contributed by atoms with Gasteiger partial charge >= 0.3 is 0 Å². The lowest BCUT2D eigenvalue weighted by molar-refractivity contribution is 0.638. The third kappa shape index (κ3) is 7.96. The van der Waals surface area contributed by atoms with E-state index in [-0.39, 0.29) is 0 Å². The summed E-state index contributed by atoms with van der Waals surface area (Å²) >= 11 is 0. The van der Waals surface area contributed by atoms with E-state index in [0.29, 0.717) is 0 Å². The van der Waals surface area contributed by atoms with E-state index < -0.39 is 0 Å². The van der Waals surface area contributed by atoms with Gasteiger partial charge < -0.3 is 5.32 Å². The van der Waals surface area contributed by atoms with E-state index in [1.54, 1.807) is 0 Å². The molecular formula is C9H20N. The predicted molar refractivity (Wildman–Crippen MR) is 46.7 cm³/mol. The molecule has 0 aromatic rings. The molecule has 1 N–H and O–H groups in total. The molecular weight excluding hydrogens is 122 g/mol. The Hall–Kier alpha value is -0.0400. The molecule has 0 spiro atoms. The van der Waals surface area contributed by atoms with E-state index in [9.17, 15) is 0 Å². The summed E-state index contributed by atoms with van der Waals surface area (Å²) in [6.07, 6.45) is 6.69. The van der Waals surface area contributed by atoms with Crippen LogP contribution in [0.3, 0.4) is 0 Å². The maximum Gasteiger partial charge on any atom is 0.0221 e. The molecule has 10 heavy (non-hydrogen) atoms. The first kappa shape index (κ1) is 9.96. The molecule has 0 heterocycles. The maximum atomic E-state index is 3.20. The van der Waals surface area contributed by atoms with Gasteiger partial charge in [0.15, 0.2) is 0 Å². The maximum absolute atomic E-state index is 3.20. The van der Waals surface area contributed by atoms with E-state index in [1.807, 2.05) is 0 Å². The number of rotatable bonds is 7. The molecule has 1 nitrogen and oxygen atoms in total.